The van der Waals surface area contributed by atoms with Crippen LogP contribution >= 0.6 is 0 Å². The molecule has 1 saturated heterocycles. The highest BCUT2D eigenvalue weighted by Crippen LogP contribution is 2.36. The number of aromatic nitrogens is 2. The minimum atomic E-state index is 0.00401. The van der Waals surface area contributed by atoms with Crippen molar-refractivity contribution in [2.45, 2.75) is 50.7 Å². The van der Waals surface area contributed by atoms with Crippen LogP contribution in [-0.2, 0) is 19.4 Å². The smallest absolute Gasteiger partial charge is 0.273 e. The molecule has 1 fully saturated rings. The van der Waals surface area contributed by atoms with Gasteiger partial charge in [-0.1, -0.05) is 60.7 Å². The molecule has 2 atom stereocenters. The van der Waals surface area contributed by atoms with E-state index in [-0.39, 0.29) is 5.91 Å². The summed E-state index contributed by atoms with van der Waals surface area (Å²) < 4.78 is 2.35. The molecule has 0 aliphatic carbocycles. The zero-order valence-corrected chi connectivity index (χ0v) is 19.1. The highest BCUT2D eigenvalue weighted by Gasteiger charge is 2.39. The van der Waals surface area contributed by atoms with Gasteiger partial charge in [-0.2, -0.15) is 0 Å². The first-order valence-corrected chi connectivity index (χ1v) is 11.8. The van der Waals surface area contributed by atoms with Crippen LogP contribution in [0.5, 0.6) is 0 Å². The van der Waals surface area contributed by atoms with E-state index in [1.807, 2.05) is 32.3 Å². The molecule has 5 nitrogen and oxygen atoms in total. The predicted molar refractivity (Wildman–Crippen MR) is 128 cm³/mol. The number of carbonyl (C=O) groups excluding carboxylic acids is 1. The summed E-state index contributed by atoms with van der Waals surface area (Å²) >= 11 is 0. The molecule has 3 aromatic rings. The van der Waals surface area contributed by atoms with Crippen molar-refractivity contribution < 1.29 is 4.79 Å². The van der Waals surface area contributed by atoms with Gasteiger partial charge in [0.15, 0.2) is 0 Å². The van der Waals surface area contributed by atoms with Gasteiger partial charge in [0.1, 0.15) is 11.5 Å². The van der Waals surface area contributed by atoms with Crippen LogP contribution in [-0.4, -0.2) is 58.0 Å². The first-order valence-electron chi connectivity index (χ1n) is 11.8. The number of nitrogens with zero attached hydrogens (tertiary/aromatic N) is 4. The molecule has 2 aliphatic heterocycles. The van der Waals surface area contributed by atoms with Gasteiger partial charge in [0.25, 0.3) is 5.91 Å². The quantitative estimate of drug-likeness (QED) is 0.589. The summed E-state index contributed by atoms with van der Waals surface area (Å²) in [5.41, 5.74) is 4.24. The second-order valence-corrected chi connectivity index (χ2v) is 9.32. The normalized spacial score (nSPS) is 20.1. The van der Waals surface area contributed by atoms with Crippen molar-refractivity contribution in [1.29, 1.82) is 0 Å². The third-order valence-corrected chi connectivity index (χ3v) is 7.03. The van der Waals surface area contributed by atoms with E-state index >= 15 is 0 Å². The van der Waals surface area contributed by atoms with Crippen LogP contribution < -0.4 is 0 Å². The lowest BCUT2D eigenvalue weighted by Crippen LogP contribution is -2.38. The lowest BCUT2D eigenvalue weighted by atomic mass is 10.0. The Morgan fingerprint density at radius 1 is 1.00 bits per heavy atom. The molecule has 0 spiro atoms. The molecule has 0 saturated carbocycles. The largest absolute Gasteiger partial charge is 0.343 e. The van der Waals surface area contributed by atoms with E-state index in [0.29, 0.717) is 17.8 Å². The molecule has 1 aromatic heterocycles. The number of benzene rings is 2. The van der Waals surface area contributed by atoms with E-state index in [1.54, 1.807) is 4.90 Å². The average molecular weight is 429 g/mol. The van der Waals surface area contributed by atoms with E-state index in [2.05, 4.69) is 51.9 Å². The van der Waals surface area contributed by atoms with Gasteiger partial charge in [0.05, 0.1) is 5.69 Å². The van der Waals surface area contributed by atoms with Gasteiger partial charge in [-0.05, 0) is 37.8 Å². The number of hydrogen-bond donors (Lipinski definition) is 0. The van der Waals surface area contributed by atoms with E-state index in [0.717, 1.165) is 43.0 Å². The number of aryl methyl sites for hydroxylation is 1. The van der Waals surface area contributed by atoms with Crippen LogP contribution in [0.3, 0.4) is 0 Å². The molecule has 32 heavy (non-hydrogen) atoms. The molecule has 0 radical (unpaired) electrons. The van der Waals surface area contributed by atoms with Crippen molar-refractivity contribution in [3.8, 4) is 11.4 Å². The van der Waals surface area contributed by atoms with Crippen molar-refractivity contribution >= 4 is 5.91 Å². The highest BCUT2D eigenvalue weighted by atomic mass is 16.2. The molecule has 5 heteroatoms. The monoisotopic (exact) mass is 428 g/mol. The van der Waals surface area contributed by atoms with Crippen LogP contribution in [0.4, 0.5) is 0 Å². The minimum Gasteiger partial charge on any atom is -0.343 e. The van der Waals surface area contributed by atoms with Gasteiger partial charge >= 0.3 is 0 Å². The van der Waals surface area contributed by atoms with Gasteiger partial charge in [0, 0.05) is 44.7 Å². The first kappa shape index (κ1) is 21.0. The average Bonchev–Trinajstić information content (AvgIpc) is 3.30. The Hall–Kier alpha value is -2.92. The zero-order valence-electron chi connectivity index (χ0n) is 19.1. The molecule has 166 valence electrons. The summed E-state index contributed by atoms with van der Waals surface area (Å²) in [6.45, 7) is 2.02. The standard InChI is InChI=1S/C27H32N4O/c1-29(2)27(32)25-24-18-22-15-16-23(30(22)17-9-12-20-10-5-3-6-11-20)19-31(24)26(28-25)21-13-7-4-8-14-21/h3-8,10-11,13-14,22-23H,9,12,15-19H2,1-2H3/t22-,23+/m0/s1. The molecule has 2 aromatic carbocycles. The van der Waals surface area contributed by atoms with Crippen molar-refractivity contribution in [2.75, 3.05) is 20.6 Å². The summed E-state index contributed by atoms with van der Waals surface area (Å²) in [6.07, 6.45) is 5.61. The first-order chi connectivity index (χ1) is 15.6. The molecular formula is C27H32N4O. The Morgan fingerprint density at radius 2 is 1.69 bits per heavy atom. The summed E-state index contributed by atoms with van der Waals surface area (Å²) in [4.78, 5) is 22.3. The van der Waals surface area contributed by atoms with Crippen molar-refractivity contribution in [3.63, 3.8) is 0 Å². The number of fused-ring (bicyclic) bond motifs is 3. The molecule has 1 amide bonds. The van der Waals surface area contributed by atoms with Crippen LogP contribution in [0.2, 0.25) is 0 Å². The SMILES string of the molecule is CN(C)C(=O)c1nc(-c2ccccc2)n2c1C[C@@H]1CC[C@H](C2)N1CCCc1ccccc1. The third kappa shape index (κ3) is 3.97. The van der Waals surface area contributed by atoms with Gasteiger partial charge in [-0.25, -0.2) is 4.98 Å². The number of rotatable bonds is 6. The Balaban J connectivity index is 1.43. The number of imidazole rings is 1. The molecule has 2 bridgehead atoms. The molecule has 0 N–H and O–H groups in total. The van der Waals surface area contributed by atoms with Crippen LogP contribution in [0, 0.1) is 0 Å². The molecule has 5 rings (SSSR count). The van der Waals surface area contributed by atoms with E-state index < -0.39 is 0 Å². The minimum absolute atomic E-state index is 0.00401. The molecule has 0 unspecified atom stereocenters. The number of amides is 1. The maximum atomic E-state index is 13.0. The third-order valence-electron chi connectivity index (χ3n) is 7.03. The second-order valence-electron chi connectivity index (χ2n) is 9.32. The van der Waals surface area contributed by atoms with Crippen molar-refractivity contribution in [2.24, 2.45) is 0 Å². The van der Waals surface area contributed by atoms with Crippen molar-refractivity contribution in [1.82, 2.24) is 19.4 Å². The van der Waals surface area contributed by atoms with E-state index in [4.69, 9.17) is 4.98 Å². The molecule has 3 heterocycles. The lowest BCUT2D eigenvalue weighted by Gasteiger charge is -2.28. The van der Waals surface area contributed by atoms with Crippen LogP contribution in [0.1, 0.15) is 41.0 Å². The van der Waals surface area contributed by atoms with Crippen LogP contribution in [0.25, 0.3) is 11.4 Å². The van der Waals surface area contributed by atoms with E-state index in [9.17, 15) is 4.79 Å². The molecular weight excluding hydrogens is 396 g/mol. The predicted octanol–water partition coefficient (Wildman–Crippen LogP) is 4.27. The van der Waals surface area contributed by atoms with Gasteiger partial charge < -0.3 is 9.47 Å². The van der Waals surface area contributed by atoms with E-state index in [1.165, 1.54) is 24.8 Å². The maximum Gasteiger partial charge on any atom is 0.273 e. The summed E-state index contributed by atoms with van der Waals surface area (Å²) in [7, 11) is 3.63. The Kier molecular flexibility index (Phi) is 5.83. The number of carbonyl (C=O) groups is 1. The molecule has 2 aliphatic rings. The van der Waals surface area contributed by atoms with Gasteiger partial charge in [0.2, 0.25) is 0 Å². The van der Waals surface area contributed by atoms with Crippen molar-refractivity contribution in [3.05, 3.63) is 77.6 Å². The second kappa shape index (κ2) is 8.91. The summed E-state index contributed by atoms with van der Waals surface area (Å²) in [5, 5.41) is 0. The Bertz CT molecular complexity index is 1070. The Labute approximate surface area is 190 Å². The Morgan fingerprint density at radius 3 is 2.41 bits per heavy atom. The topological polar surface area (TPSA) is 41.4 Å². The fourth-order valence-electron chi connectivity index (χ4n) is 5.42. The van der Waals surface area contributed by atoms with Gasteiger partial charge in [-0.15, -0.1) is 0 Å². The van der Waals surface area contributed by atoms with Gasteiger partial charge in [-0.3, -0.25) is 9.69 Å². The fourth-order valence-corrected chi connectivity index (χ4v) is 5.42. The fraction of sp³-hybridized carbons (Fsp3) is 0.407. The maximum absolute atomic E-state index is 13.0. The summed E-state index contributed by atoms with van der Waals surface area (Å²) in [5.74, 6) is 0.937. The summed E-state index contributed by atoms with van der Waals surface area (Å²) in [6, 6.07) is 22.1. The van der Waals surface area contributed by atoms with Crippen LogP contribution in [0.15, 0.2) is 60.7 Å². The zero-order chi connectivity index (χ0) is 22.1. The lowest BCUT2D eigenvalue weighted by molar-refractivity contribution is 0.0821. The number of hydrogen-bond acceptors (Lipinski definition) is 3. The highest BCUT2D eigenvalue weighted by molar-refractivity contribution is 5.94.